The van der Waals surface area contributed by atoms with Crippen LogP contribution in [0.1, 0.15) is 118 Å². The molecule has 3 aliphatic rings. The predicted octanol–water partition coefficient (Wildman–Crippen LogP) is 12.1. The van der Waals surface area contributed by atoms with Crippen LogP contribution in [0.5, 0.6) is 0 Å². The molecule has 61 heavy (non-hydrogen) atoms. The minimum atomic E-state index is 0.340. The molecule has 0 aliphatic carbocycles. The minimum absolute atomic E-state index is 0.340. The molecule has 3 heteroatoms. The number of hydrogen-bond acceptors (Lipinski definition) is 3. The second kappa shape index (κ2) is 19.9. The van der Waals surface area contributed by atoms with Crippen LogP contribution in [0.4, 0.5) is 0 Å². The second-order valence-corrected chi connectivity index (χ2v) is 18.9. The number of piperidine rings is 3. The van der Waals surface area contributed by atoms with Crippen molar-refractivity contribution in [2.75, 3.05) is 19.6 Å². The molecular weight excluding hydrogens is 739 g/mol. The number of benzene rings is 6. The number of nitrogens with one attached hydrogen (secondary N) is 3. The molecule has 0 bridgehead atoms. The van der Waals surface area contributed by atoms with Crippen LogP contribution in [0.3, 0.4) is 0 Å². The summed E-state index contributed by atoms with van der Waals surface area (Å²) in [5.74, 6) is 2.42. The molecule has 4 unspecified atom stereocenters. The van der Waals surface area contributed by atoms with Gasteiger partial charge in [0, 0.05) is 35.9 Å². The van der Waals surface area contributed by atoms with Gasteiger partial charge in [0.2, 0.25) is 0 Å². The first kappa shape index (κ1) is 41.5. The molecule has 3 aliphatic heterocycles. The molecular formula is C58H67N3. The largest absolute Gasteiger partial charge is 0.313 e. The van der Waals surface area contributed by atoms with Crippen molar-refractivity contribution in [3.8, 4) is 0 Å². The van der Waals surface area contributed by atoms with Crippen molar-refractivity contribution in [2.45, 2.75) is 108 Å². The van der Waals surface area contributed by atoms with Crippen LogP contribution in [0.25, 0.3) is 0 Å². The van der Waals surface area contributed by atoms with Gasteiger partial charge in [-0.2, -0.15) is 0 Å². The average Bonchev–Trinajstić information content (AvgIpc) is 3.31. The Morgan fingerprint density at radius 3 is 1.08 bits per heavy atom. The van der Waals surface area contributed by atoms with Crippen molar-refractivity contribution in [1.29, 1.82) is 0 Å². The molecule has 3 fully saturated rings. The van der Waals surface area contributed by atoms with E-state index in [-0.39, 0.29) is 0 Å². The van der Waals surface area contributed by atoms with Crippen LogP contribution >= 0.6 is 0 Å². The lowest BCUT2D eigenvalue weighted by atomic mass is 9.77. The summed E-state index contributed by atoms with van der Waals surface area (Å²) < 4.78 is 0. The van der Waals surface area contributed by atoms with Crippen molar-refractivity contribution < 1.29 is 0 Å². The van der Waals surface area contributed by atoms with Gasteiger partial charge < -0.3 is 16.0 Å². The molecule has 3 saturated heterocycles. The summed E-state index contributed by atoms with van der Waals surface area (Å²) in [7, 11) is 0. The molecule has 6 aromatic rings. The molecule has 3 nitrogen and oxygen atoms in total. The number of hydrogen-bond donors (Lipinski definition) is 3. The van der Waals surface area contributed by atoms with Crippen molar-refractivity contribution in [3.63, 3.8) is 0 Å². The SMILES string of the molecule is Cc1ccc([C@H](c2ccc(CC3CCC([C@@H](c4ccc(C)cc4)c4ccc(CC5CC[C@@H](C(c6ccccc6)c6ccccc6)NC5)cc4)NC3)cc2)C2CCCCN2)cc1. The van der Waals surface area contributed by atoms with Crippen molar-refractivity contribution in [3.05, 3.63) is 213 Å². The molecule has 0 radical (unpaired) electrons. The van der Waals surface area contributed by atoms with Gasteiger partial charge in [-0.25, -0.2) is 0 Å². The van der Waals surface area contributed by atoms with Gasteiger partial charge in [0.25, 0.3) is 0 Å². The molecule has 6 aromatic carbocycles. The molecule has 3 N–H and O–H groups in total. The summed E-state index contributed by atoms with van der Waals surface area (Å²) in [4.78, 5) is 0. The van der Waals surface area contributed by atoms with E-state index >= 15 is 0 Å². The lowest BCUT2D eigenvalue weighted by Gasteiger charge is -2.36. The van der Waals surface area contributed by atoms with E-state index in [0.717, 1.165) is 32.5 Å². The molecule has 0 aromatic heterocycles. The number of rotatable bonds is 13. The van der Waals surface area contributed by atoms with E-state index in [0.29, 0.717) is 47.7 Å². The summed E-state index contributed by atoms with van der Waals surface area (Å²) in [6.07, 6.45) is 11.0. The Hall–Kier alpha value is -4.80. The topological polar surface area (TPSA) is 36.1 Å². The Morgan fingerprint density at radius 2 is 0.738 bits per heavy atom. The van der Waals surface area contributed by atoms with Crippen LogP contribution in [-0.4, -0.2) is 37.8 Å². The van der Waals surface area contributed by atoms with Crippen LogP contribution < -0.4 is 16.0 Å². The molecule has 0 amide bonds. The van der Waals surface area contributed by atoms with Crippen LogP contribution in [0, 0.1) is 25.7 Å². The smallest absolute Gasteiger partial charge is 0.0243 e. The van der Waals surface area contributed by atoms with E-state index in [2.05, 4.69) is 188 Å². The van der Waals surface area contributed by atoms with Gasteiger partial charge in [0.15, 0.2) is 0 Å². The predicted molar refractivity (Wildman–Crippen MR) is 256 cm³/mol. The fourth-order valence-corrected chi connectivity index (χ4v) is 11.2. The van der Waals surface area contributed by atoms with E-state index in [9.17, 15) is 0 Å². The zero-order chi connectivity index (χ0) is 41.4. The molecule has 0 saturated carbocycles. The standard InChI is InChI=1S/C58H67N3/c1-41-16-26-49(27-17-41)57(53-15-9-10-36-59-53)51-30-20-43(21-31-51)37-46-25-35-55(61-40-46)58(50-28-18-42(2)19-29-50)52-32-22-44(23-33-52)38-45-24-34-54(60-39-45)56(47-11-5-3-6-12-47)48-13-7-4-8-14-48/h3-8,11-14,16-23,26-33,45-46,53-61H,9-10,15,24-25,34-40H2,1-2H3/t45?,46?,53?,54-,55?,57+,58-/m0/s1. The third kappa shape index (κ3) is 10.3. The fourth-order valence-electron chi connectivity index (χ4n) is 11.2. The zero-order valence-electron chi connectivity index (χ0n) is 36.6. The third-order valence-corrected chi connectivity index (χ3v) is 14.6. The molecule has 314 valence electrons. The quantitative estimate of drug-likeness (QED) is 0.109. The summed E-state index contributed by atoms with van der Waals surface area (Å²) in [5.41, 5.74) is 14.1. The van der Waals surface area contributed by atoms with Crippen molar-refractivity contribution in [1.82, 2.24) is 16.0 Å². The lowest BCUT2D eigenvalue weighted by molar-refractivity contribution is 0.291. The first-order valence-electron chi connectivity index (χ1n) is 23.6. The highest BCUT2D eigenvalue weighted by atomic mass is 14.9. The van der Waals surface area contributed by atoms with Crippen molar-refractivity contribution >= 4 is 0 Å². The van der Waals surface area contributed by atoms with Gasteiger partial charge in [0.1, 0.15) is 0 Å². The third-order valence-electron chi connectivity index (χ3n) is 14.6. The first-order valence-corrected chi connectivity index (χ1v) is 23.6. The normalized spacial score (nSPS) is 23.0. The summed E-state index contributed by atoms with van der Waals surface area (Å²) in [5, 5.41) is 12.0. The first-order chi connectivity index (χ1) is 30.0. The summed E-state index contributed by atoms with van der Waals surface area (Å²) in [6.45, 7) is 7.65. The highest BCUT2D eigenvalue weighted by molar-refractivity contribution is 5.40. The van der Waals surface area contributed by atoms with Gasteiger partial charge in [-0.3, -0.25) is 0 Å². The van der Waals surface area contributed by atoms with E-state index in [1.54, 1.807) is 0 Å². The van der Waals surface area contributed by atoms with Gasteiger partial charge in [-0.05, 0) is 141 Å². The zero-order valence-corrected chi connectivity index (χ0v) is 36.6. The van der Waals surface area contributed by atoms with Crippen molar-refractivity contribution in [2.24, 2.45) is 11.8 Å². The Bertz CT molecular complexity index is 2170. The van der Waals surface area contributed by atoms with Crippen LogP contribution in [0.2, 0.25) is 0 Å². The maximum absolute atomic E-state index is 4.10. The number of aryl methyl sites for hydroxylation is 2. The minimum Gasteiger partial charge on any atom is -0.313 e. The Kier molecular flexibility index (Phi) is 13.6. The Labute approximate surface area is 366 Å². The van der Waals surface area contributed by atoms with E-state index < -0.39 is 0 Å². The molecule has 7 atom stereocenters. The Balaban J connectivity index is 0.827. The monoisotopic (exact) mass is 806 g/mol. The van der Waals surface area contributed by atoms with Gasteiger partial charge in [0.05, 0.1) is 0 Å². The highest BCUT2D eigenvalue weighted by Gasteiger charge is 2.32. The summed E-state index contributed by atoms with van der Waals surface area (Å²) >= 11 is 0. The van der Waals surface area contributed by atoms with Gasteiger partial charge in [-0.15, -0.1) is 0 Å². The second-order valence-electron chi connectivity index (χ2n) is 18.9. The molecule has 0 spiro atoms. The summed E-state index contributed by atoms with van der Waals surface area (Å²) in [6, 6.07) is 61.6. The van der Waals surface area contributed by atoms with Crippen LogP contribution in [-0.2, 0) is 12.8 Å². The van der Waals surface area contributed by atoms with E-state index in [1.165, 1.54) is 101 Å². The lowest BCUT2D eigenvalue weighted by Crippen LogP contribution is -2.43. The van der Waals surface area contributed by atoms with Crippen LogP contribution in [0.15, 0.2) is 158 Å². The maximum Gasteiger partial charge on any atom is 0.0243 e. The van der Waals surface area contributed by atoms with Gasteiger partial charge in [-0.1, -0.05) is 175 Å². The van der Waals surface area contributed by atoms with Gasteiger partial charge >= 0.3 is 0 Å². The van der Waals surface area contributed by atoms with E-state index in [1.807, 2.05) is 0 Å². The highest BCUT2D eigenvalue weighted by Crippen LogP contribution is 2.37. The molecule has 9 rings (SSSR count). The average molecular weight is 806 g/mol. The Morgan fingerprint density at radius 1 is 0.377 bits per heavy atom. The maximum atomic E-state index is 4.10. The molecule has 3 heterocycles. The van der Waals surface area contributed by atoms with E-state index in [4.69, 9.17) is 0 Å². The fraction of sp³-hybridized carbons (Fsp3) is 0.379.